The summed E-state index contributed by atoms with van der Waals surface area (Å²) in [6, 6.07) is 3.64. The summed E-state index contributed by atoms with van der Waals surface area (Å²) in [6.45, 7) is 4.12. The fraction of sp³-hybridized carbons (Fsp3) is 0.389. The zero-order valence-corrected chi connectivity index (χ0v) is 16.3. The minimum Gasteiger partial charge on any atom is -0.437 e. The molecule has 0 saturated carbocycles. The Bertz CT molecular complexity index is 799. The van der Waals surface area contributed by atoms with Crippen LogP contribution < -0.4 is 10.2 Å². The van der Waals surface area contributed by atoms with E-state index < -0.39 is 7.12 Å². The van der Waals surface area contributed by atoms with Gasteiger partial charge in [0, 0.05) is 13.0 Å². The van der Waals surface area contributed by atoms with Gasteiger partial charge < -0.3 is 19.5 Å². The Morgan fingerprint density at radius 1 is 1.37 bits per heavy atom. The molecule has 0 amide bonds. The van der Waals surface area contributed by atoms with Gasteiger partial charge in [-0.3, -0.25) is 4.79 Å². The lowest BCUT2D eigenvalue weighted by molar-refractivity contribution is 0.0928. The van der Waals surface area contributed by atoms with Crippen molar-refractivity contribution in [3.05, 3.63) is 41.3 Å². The van der Waals surface area contributed by atoms with Gasteiger partial charge in [-0.1, -0.05) is 19.4 Å². The van der Waals surface area contributed by atoms with Crippen LogP contribution in [-0.2, 0) is 11.3 Å². The van der Waals surface area contributed by atoms with Crippen molar-refractivity contribution in [1.82, 2.24) is 9.97 Å². The first-order chi connectivity index (χ1) is 12.5. The van der Waals surface area contributed by atoms with Crippen molar-refractivity contribution in [3.8, 4) is 11.6 Å². The SMILES string of the molecule is CC[C@@H](CO)CC(=O)c1cnc(Oc2ccc3c(c2C)B(O)OC3)cn1.S. The van der Waals surface area contributed by atoms with Gasteiger partial charge >= 0.3 is 7.12 Å². The van der Waals surface area contributed by atoms with Crippen LogP contribution in [0.25, 0.3) is 0 Å². The summed E-state index contributed by atoms with van der Waals surface area (Å²) in [5, 5.41) is 19.1. The van der Waals surface area contributed by atoms with Crippen LogP contribution >= 0.6 is 13.5 Å². The first-order valence-corrected chi connectivity index (χ1v) is 8.59. The molecule has 0 radical (unpaired) electrons. The maximum absolute atomic E-state index is 12.2. The monoisotopic (exact) mass is 390 g/mol. The van der Waals surface area contributed by atoms with E-state index in [0.29, 0.717) is 12.4 Å². The predicted molar refractivity (Wildman–Crippen MR) is 106 cm³/mol. The molecule has 0 bridgehead atoms. The van der Waals surface area contributed by atoms with Crippen LogP contribution in [-0.4, -0.2) is 39.6 Å². The Labute approximate surface area is 165 Å². The van der Waals surface area contributed by atoms with Crippen molar-refractivity contribution < 1.29 is 24.3 Å². The van der Waals surface area contributed by atoms with Gasteiger partial charge in [0.2, 0.25) is 5.88 Å². The van der Waals surface area contributed by atoms with Crippen LogP contribution in [0.15, 0.2) is 24.5 Å². The number of rotatable bonds is 7. The highest BCUT2D eigenvalue weighted by molar-refractivity contribution is 7.59. The first-order valence-electron chi connectivity index (χ1n) is 8.59. The average molecular weight is 390 g/mol. The van der Waals surface area contributed by atoms with E-state index in [0.717, 1.165) is 23.0 Å². The minimum absolute atomic E-state index is 0. The summed E-state index contributed by atoms with van der Waals surface area (Å²) in [7, 11) is -0.947. The Hall–Kier alpha value is -1.94. The summed E-state index contributed by atoms with van der Waals surface area (Å²) < 4.78 is 11.0. The second-order valence-electron chi connectivity index (χ2n) is 6.35. The second-order valence-corrected chi connectivity index (χ2v) is 6.35. The predicted octanol–water partition coefficient (Wildman–Crippen LogP) is 1.50. The van der Waals surface area contributed by atoms with E-state index in [4.69, 9.17) is 9.39 Å². The van der Waals surface area contributed by atoms with Gasteiger partial charge in [0.25, 0.3) is 0 Å². The Morgan fingerprint density at radius 2 is 2.15 bits per heavy atom. The van der Waals surface area contributed by atoms with Gasteiger partial charge in [-0.15, -0.1) is 0 Å². The van der Waals surface area contributed by atoms with Crippen molar-refractivity contribution >= 4 is 31.9 Å². The van der Waals surface area contributed by atoms with Gasteiger partial charge in [0.15, 0.2) is 5.78 Å². The number of aliphatic hydroxyl groups is 1. The smallest absolute Gasteiger partial charge is 0.437 e. The number of ketones is 1. The number of benzene rings is 1. The third-order valence-electron chi connectivity index (χ3n) is 4.64. The third-order valence-corrected chi connectivity index (χ3v) is 4.64. The molecule has 0 spiro atoms. The molecule has 27 heavy (non-hydrogen) atoms. The van der Waals surface area contributed by atoms with Crippen molar-refractivity contribution in [1.29, 1.82) is 0 Å². The van der Waals surface area contributed by atoms with Crippen LogP contribution in [0.3, 0.4) is 0 Å². The highest BCUT2D eigenvalue weighted by atomic mass is 32.1. The molecule has 1 aromatic heterocycles. The van der Waals surface area contributed by atoms with Gasteiger partial charge in [-0.2, -0.15) is 13.5 Å². The van der Waals surface area contributed by atoms with Crippen LogP contribution in [0.1, 0.15) is 41.4 Å². The molecule has 2 N–H and O–H groups in total. The molecular weight excluding hydrogens is 367 g/mol. The van der Waals surface area contributed by atoms with Crippen molar-refractivity contribution in [3.63, 3.8) is 0 Å². The van der Waals surface area contributed by atoms with Crippen molar-refractivity contribution in [2.75, 3.05) is 6.61 Å². The van der Waals surface area contributed by atoms with Crippen LogP contribution in [0.4, 0.5) is 0 Å². The number of ether oxygens (including phenoxy) is 1. The van der Waals surface area contributed by atoms with Crippen LogP contribution in [0.5, 0.6) is 11.6 Å². The molecule has 1 aromatic carbocycles. The zero-order valence-electron chi connectivity index (χ0n) is 15.3. The molecule has 0 fully saturated rings. The number of carbonyl (C=O) groups excluding carboxylic acids is 1. The molecule has 7 nitrogen and oxygen atoms in total. The van der Waals surface area contributed by atoms with E-state index in [1.54, 1.807) is 6.07 Å². The number of Topliss-reactive ketones (excluding diaryl/α,β-unsaturated/α-hetero) is 1. The summed E-state index contributed by atoms with van der Waals surface area (Å²) >= 11 is 0. The van der Waals surface area contributed by atoms with E-state index in [1.165, 1.54) is 12.4 Å². The maximum Gasteiger partial charge on any atom is 0.492 e. The molecular formula is C18H23BN2O5S. The Morgan fingerprint density at radius 3 is 2.78 bits per heavy atom. The molecule has 0 unspecified atom stereocenters. The molecule has 2 aromatic rings. The molecule has 0 saturated heterocycles. The number of carbonyl (C=O) groups is 1. The van der Waals surface area contributed by atoms with E-state index in [9.17, 15) is 14.9 Å². The number of hydrogen-bond acceptors (Lipinski definition) is 7. The average Bonchev–Trinajstić information content (AvgIpc) is 3.04. The molecule has 2 heterocycles. The van der Waals surface area contributed by atoms with Gasteiger partial charge in [0.05, 0.1) is 19.0 Å². The lowest BCUT2D eigenvalue weighted by Gasteiger charge is -2.12. The van der Waals surface area contributed by atoms with Gasteiger partial charge in [0.1, 0.15) is 11.4 Å². The number of nitrogens with zero attached hydrogens (tertiary/aromatic N) is 2. The molecule has 1 aliphatic heterocycles. The van der Waals surface area contributed by atoms with Gasteiger partial charge in [-0.05, 0) is 35.5 Å². The minimum atomic E-state index is -0.947. The van der Waals surface area contributed by atoms with Crippen molar-refractivity contribution in [2.24, 2.45) is 5.92 Å². The summed E-state index contributed by atoms with van der Waals surface area (Å²) in [4.78, 5) is 20.4. The van der Waals surface area contributed by atoms with E-state index in [1.807, 2.05) is 19.9 Å². The third kappa shape index (κ3) is 4.67. The zero-order chi connectivity index (χ0) is 18.7. The first kappa shape index (κ1) is 21.4. The van der Waals surface area contributed by atoms with E-state index in [2.05, 4.69) is 9.97 Å². The Balaban J connectivity index is 0.00000261. The van der Waals surface area contributed by atoms with E-state index in [-0.39, 0.29) is 49.8 Å². The largest absolute Gasteiger partial charge is 0.492 e. The second kappa shape index (κ2) is 9.32. The molecule has 1 aliphatic rings. The number of fused-ring (bicyclic) bond motifs is 1. The number of hydrogen-bond donors (Lipinski definition) is 2. The van der Waals surface area contributed by atoms with Crippen LogP contribution in [0, 0.1) is 12.8 Å². The quantitative estimate of drug-likeness (QED) is 0.546. The number of aliphatic hydroxyl groups excluding tert-OH is 1. The molecule has 144 valence electrons. The lowest BCUT2D eigenvalue weighted by atomic mass is 9.76. The topological polar surface area (TPSA) is 102 Å². The number of aromatic nitrogens is 2. The molecule has 3 rings (SSSR count). The van der Waals surface area contributed by atoms with Crippen LogP contribution in [0.2, 0.25) is 0 Å². The van der Waals surface area contributed by atoms with Crippen molar-refractivity contribution in [2.45, 2.75) is 33.3 Å². The Kier molecular flexibility index (Phi) is 7.37. The summed E-state index contributed by atoms with van der Waals surface area (Å²) in [5.41, 5.74) is 2.68. The molecule has 9 heteroatoms. The van der Waals surface area contributed by atoms with Gasteiger partial charge in [-0.25, -0.2) is 9.97 Å². The summed E-state index contributed by atoms with van der Waals surface area (Å²) in [6.07, 6.45) is 3.74. The maximum atomic E-state index is 12.2. The fourth-order valence-corrected chi connectivity index (χ4v) is 2.93. The standard InChI is InChI=1S/C18H21BN2O5.H2S/c1-3-12(9-22)6-15(23)14-7-21-17(8-20-14)26-16-5-4-13-10-25-19(24)18(13)11(16)2;/h4-5,7-8,12,22,24H,3,6,9-10H2,1-2H3;1H2/t12-;/m1./s1. The molecule has 0 aliphatic carbocycles. The normalized spacial score (nSPS) is 13.7. The highest BCUT2D eigenvalue weighted by Gasteiger charge is 2.30. The fourth-order valence-electron chi connectivity index (χ4n) is 2.93. The molecule has 1 atom stereocenters. The van der Waals surface area contributed by atoms with E-state index >= 15 is 0 Å². The summed E-state index contributed by atoms with van der Waals surface area (Å²) in [5.74, 6) is 0.585. The lowest BCUT2D eigenvalue weighted by Crippen LogP contribution is -2.30. The highest BCUT2D eigenvalue weighted by Crippen LogP contribution is 2.25.